The van der Waals surface area contributed by atoms with Crippen LogP contribution in [0.15, 0.2) is 0 Å². The van der Waals surface area contributed by atoms with Gasteiger partial charge in [-0.25, -0.2) is 0 Å². The van der Waals surface area contributed by atoms with Gasteiger partial charge in [-0.05, 0) is 12.8 Å². The van der Waals surface area contributed by atoms with Crippen molar-refractivity contribution in [2.75, 3.05) is 7.11 Å². The van der Waals surface area contributed by atoms with Crippen molar-refractivity contribution in [2.24, 2.45) is 5.92 Å². The minimum atomic E-state index is -3.30. The van der Waals surface area contributed by atoms with Crippen molar-refractivity contribution < 1.29 is 12.6 Å². The smallest absolute Gasteiger partial charge is 0.269 e. The first-order chi connectivity index (χ1) is 4.41. The fourth-order valence-corrected chi connectivity index (χ4v) is 1.46. The molecule has 0 aromatic rings. The molecule has 0 heterocycles. The van der Waals surface area contributed by atoms with Gasteiger partial charge in [0.2, 0.25) is 0 Å². The van der Waals surface area contributed by atoms with Crippen LogP contribution in [0.4, 0.5) is 0 Å². The Morgan fingerprint density at radius 3 is 1.70 bits per heavy atom. The molecule has 1 atom stereocenters. The summed E-state index contributed by atoms with van der Waals surface area (Å²) >= 11 is 0. The largest absolute Gasteiger partial charge is 0.273 e. The highest BCUT2D eigenvalue weighted by Gasteiger charge is 2.22. The summed E-state index contributed by atoms with van der Waals surface area (Å²) in [6.07, 6.45) is 0. The Kier molecular flexibility index (Phi) is 3.31. The molecule has 0 amide bonds. The predicted molar refractivity (Wildman–Crippen MR) is 40.2 cm³/mol. The Morgan fingerprint density at radius 1 is 1.20 bits per heavy atom. The van der Waals surface area contributed by atoms with Gasteiger partial charge in [-0.3, -0.25) is 4.18 Å². The van der Waals surface area contributed by atoms with Crippen LogP contribution in [0.5, 0.6) is 0 Å². The Morgan fingerprint density at radius 2 is 1.60 bits per heavy atom. The van der Waals surface area contributed by atoms with Crippen molar-refractivity contribution in [3.05, 3.63) is 0 Å². The van der Waals surface area contributed by atoms with E-state index in [0.29, 0.717) is 0 Å². The van der Waals surface area contributed by atoms with Crippen LogP contribution in [0.2, 0.25) is 0 Å². The van der Waals surface area contributed by atoms with E-state index >= 15 is 0 Å². The van der Waals surface area contributed by atoms with Crippen LogP contribution in [0.1, 0.15) is 20.8 Å². The molecule has 0 radical (unpaired) electrons. The zero-order chi connectivity index (χ0) is 8.36. The van der Waals surface area contributed by atoms with Crippen molar-refractivity contribution in [3.8, 4) is 0 Å². The maximum atomic E-state index is 10.9. The molecule has 1 unspecified atom stereocenters. The summed E-state index contributed by atoms with van der Waals surface area (Å²) in [7, 11) is -2.11. The molecule has 3 nitrogen and oxygen atoms in total. The normalized spacial score (nSPS) is 15.7. The summed E-state index contributed by atoms with van der Waals surface area (Å²) in [6, 6.07) is 0. The molecule has 0 aliphatic heterocycles. The third-order valence-electron chi connectivity index (χ3n) is 1.63. The molecule has 0 bridgehead atoms. The summed E-state index contributed by atoms with van der Waals surface area (Å²) in [5.41, 5.74) is 0. The fourth-order valence-electron chi connectivity index (χ4n) is 0.485. The van der Waals surface area contributed by atoms with Gasteiger partial charge in [-0.2, -0.15) is 8.42 Å². The lowest BCUT2D eigenvalue weighted by Gasteiger charge is -2.13. The van der Waals surface area contributed by atoms with E-state index in [9.17, 15) is 8.42 Å². The first-order valence-electron chi connectivity index (χ1n) is 3.21. The van der Waals surface area contributed by atoms with E-state index in [1.165, 1.54) is 7.11 Å². The van der Waals surface area contributed by atoms with Crippen molar-refractivity contribution >= 4 is 10.1 Å². The molecule has 62 valence electrons. The Labute approximate surface area is 62.5 Å². The van der Waals surface area contributed by atoms with Crippen molar-refractivity contribution in [1.29, 1.82) is 0 Å². The SMILES string of the molecule is COS(=O)(=O)C(C)C(C)C. The summed E-state index contributed by atoms with van der Waals surface area (Å²) in [5, 5.41) is -0.419. The van der Waals surface area contributed by atoms with Gasteiger partial charge in [0.15, 0.2) is 0 Å². The van der Waals surface area contributed by atoms with Crippen LogP contribution < -0.4 is 0 Å². The summed E-state index contributed by atoms with van der Waals surface area (Å²) in [6.45, 7) is 5.34. The van der Waals surface area contributed by atoms with E-state index in [1.54, 1.807) is 6.92 Å². The molecule has 10 heavy (non-hydrogen) atoms. The molecule has 0 aliphatic rings. The number of hydrogen-bond donors (Lipinski definition) is 0. The maximum Gasteiger partial charge on any atom is 0.269 e. The molecular formula is C6H14O3S. The quantitative estimate of drug-likeness (QED) is 0.588. The van der Waals surface area contributed by atoms with Gasteiger partial charge in [0.25, 0.3) is 10.1 Å². The van der Waals surface area contributed by atoms with E-state index in [1.807, 2.05) is 13.8 Å². The third-order valence-corrected chi connectivity index (χ3v) is 3.55. The van der Waals surface area contributed by atoms with E-state index in [0.717, 1.165) is 0 Å². The van der Waals surface area contributed by atoms with E-state index in [4.69, 9.17) is 0 Å². The molecule has 4 heteroatoms. The minimum absolute atomic E-state index is 0.102. The minimum Gasteiger partial charge on any atom is -0.273 e. The molecule has 0 saturated carbocycles. The van der Waals surface area contributed by atoms with Gasteiger partial charge in [0.1, 0.15) is 0 Å². The van der Waals surface area contributed by atoms with E-state index in [-0.39, 0.29) is 5.92 Å². The molecule has 0 fully saturated rings. The first kappa shape index (κ1) is 9.91. The predicted octanol–water partition coefficient (Wildman–Crippen LogP) is 1.01. The lowest BCUT2D eigenvalue weighted by molar-refractivity contribution is 0.378. The Bertz CT molecular complexity index is 181. The fraction of sp³-hybridized carbons (Fsp3) is 1.00. The number of hydrogen-bond acceptors (Lipinski definition) is 3. The van der Waals surface area contributed by atoms with Gasteiger partial charge in [0, 0.05) is 0 Å². The molecule has 0 aliphatic carbocycles. The molecule has 0 rings (SSSR count). The van der Waals surface area contributed by atoms with Crippen molar-refractivity contribution in [2.45, 2.75) is 26.0 Å². The third kappa shape index (κ3) is 2.27. The van der Waals surface area contributed by atoms with Crippen LogP contribution >= 0.6 is 0 Å². The van der Waals surface area contributed by atoms with Gasteiger partial charge in [-0.1, -0.05) is 13.8 Å². The highest BCUT2D eigenvalue weighted by molar-refractivity contribution is 7.87. The van der Waals surface area contributed by atoms with Crippen LogP contribution in [-0.2, 0) is 14.3 Å². The van der Waals surface area contributed by atoms with Crippen LogP contribution in [0.25, 0.3) is 0 Å². The van der Waals surface area contributed by atoms with Crippen molar-refractivity contribution in [3.63, 3.8) is 0 Å². The molecular weight excluding hydrogens is 152 g/mol. The van der Waals surface area contributed by atoms with Gasteiger partial charge in [0.05, 0.1) is 12.4 Å². The number of rotatable bonds is 3. The van der Waals surface area contributed by atoms with Gasteiger partial charge in [-0.15, -0.1) is 0 Å². The summed E-state index contributed by atoms with van der Waals surface area (Å²) in [4.78, 5) is 0. The van der Waals surface area contributed by atoms with Gasteiger partial charge >= 0.3 is 0 Å². The van der Waals surface area contributed by atoms with E-state index < -0.39 is 15.4 Å². The van der Waals surface area contributed by atoms with Gasteiger partial charge < -0.3 is 0 Å². The molecule has 0 aromatic heterocycles. The standard InChI is InChI=1S/C6H14O3S/c1-5(2)6(3)10(7,8)9-4/h5-6H,1-4H3. The second kappa shape index (κ2) is 3.34. The maximum absolute atomic E-state index is 10.9. The highest BCUT2D eigenvalue weighted by atomic mass is 32.2. The second-order valence-electron chi connectivity index (χ2n) is 2.61. The summed E-state index contributed by atoms with van der Waals surface area (Å²) in [5.74, 6) is 0.102. The molecule has 0 N–H and O–H groups in total. The van der Waals surface area contributed by atoms with Crippen LogP contribution in [0, 0.1) is 5.92 Å². The topological polar surface area (TPSA) is 43.4 Å². The summed E-state index contributed by atoms with van der Waals surface area (Å²) < 4.78 is 26.2. The monoisotopic (exact) mass is 166 g/mol. The Balaban J connectivity index is 4.35. The lowest BCUT2D eigenvalue weighted by Crippen LogP contribution is -2.24. The molecule has 0 aromatic carbocycles. The van der Waals surface area contributed by atoms with Crippen LogP contribution in [-0.4, -0.2) is 20.8 Å². The molecule has 0 spiro atoms. The van der Waals surface area contributed by atoms with E-state index in [2.05, 4.69) is 4.18 Å². The van der Waals surface area contributed by atoms with Crippen molar-refractivity contribution in [1.82, 2.24) is 0 Å². The average Bonchev–Trinajstić information content (AvgIpc) is 1.86. The lowest BCUT2D eigenvalue weighted by atomic mass is 10.2. The second-order valence-corrected chi connectivity index (χ2v) is 4.67. The zero-order valence-corrected chi connectivity index (χ0v) is 7.60. The van der Waals surface area contributed by atoms with Crippen LogP contribution in [0.3, 0.4) is 0 Å². The molecule has 0 saturated heterocycles. The average molecular weight is 166 g/mol. The highest BCUT2D eigenvalue weighted by Crippen LogP contribution is 2.11. The Hall–Kier alpha value is -0.0900. The zero-order valence-electron chi connectivity index (χ0n) is 6.79. The first-order valence-corrected chi connectivity index (χ1v) is 4.68.